The third-order valence-electron chi connectivity index (χ3n) is 5.91. The number of nitriles is 1. The van der Waals surface area contributed by atoms with Crippen LogP contribution < -0.4 is 10.4 Å². The van der Waals surface area contributed by atoms with Crippen molar-refractivity contribution >= 4 is 18.7 Å². The van der Waals surface area contributed by atoms with E-state index >= 15 is 0 Å². The van der Waals surface area contributed by atoms with Gasteiger partial charge in [-0.25, -0.2) is 0 Å². The van der Waals surface area contributed by atoms with Gasteiger partial charge >= 0.3 is 0 Å². The molecule has 0 aliphatic carbocycles. The SMILES string of the molecule is C=C(C#N)C1CCC(CO[Si](c2ccccc2)(c2ccccc2)C(C)(C)C)OC1. The van der Waals surface area contributed by atoms with Crippen LogP contribution >= 0.6 is 0 Å². The minimum absolute atomic E-state index is 0.0397. The van der Waals surface area contributed by atoms with E-state index in [0.717, 1.165) is 12.8 Å². The van der Waals surface area contributed by atoms with Crippen molar-refractivity contribution in [2.45, 2.75) is 44.8 Å². The number of hydrogen-bond donors (Lipinski definition) is 0. The number of hydrogen-bond acceptors (Lipinski definition) is 3. The van der Waals surface area contributed by atoms with Gasteiger partial charge in [0, 0.05) is 11.5 Å². The monoisotopic (exact) mass is 405 g/mol. The standard InChI is InChI=1S/C25H31NO2Si/c1-20(17-26)21-15-16-22(27-18-21)19-28-29(25(2,3)4,23-11-7-5-8-12-23)24-13-9-6-10-14-24/h5-14,21-22H,1,15-16,18-19H2,2-4H3. The van der Waals surface area contributed by atoms with E-state index in [1.165, 1.54) is 10.4 Å². The van der Waals surface area contributed by atoms with E-state index < -0.39 is 8.32 Å². The van der Waals surface area contributed by atoms with Crippen molar-refractivity contribution in [2.75, 3.05) is 13.2 Å². The van der Waals surface area contributed by atoms with Crippen molar-refractivity contribution < 1.29 is 9.16 Å². The van der Waals surface area contributed by atoms with Crippen molar-refractivity contribution in [3.63, 3.8) is 0 Å². The van der Waals surface area contributed by atoms with Crippen molar-refractivity contribution in [3.8, 4) is 6.07 Å². The number of rotatable bonds is 6. The molecule has 3 nitrogen and oxygen atoms in total. The molecule has 29 heavy (non-hydrogen) atoms. The van der Waals surface area contributed by atoms with Crippen LogP contribution in [0.25, 0.3) is 0 Å². The van der Waals surface area contributed by atoms with Gasteiger partial charge in [0.1, 0.15) is 0 Å². The Labute approximate surface area is 176 Å². The molecule has 0 bridgehead atoms. The molecule has 4 heteroatoms. The van der Waals surface area contributed by atoms with Crippen LogP contribution in [-0.2, 0) is 9.16 Å². The lowest BCUT2D eigenvalue weighted by atomic mass is 9.93. The van der Waals surface area contributed by atoms with Gasteiger partial charge in [-0.3, -0.25) is 0 Å². The summed E-state index contributed by atoms with van der Waals surface area (Å²) in [6.45, 7) is 11.8. The molecule has 1 saturated heterocycles. The lowest BCUT2D eigenvalue weighted by Gasteiger charge is -2.44. The quantitative estimate of drug-likeness (QED) is 0.527. The topological polar surface area (TPSA) is 42.2 Å². The highest BCUT2D eigenvalue weighted by Gasteiger charge is 2.50. The second kappa shape index (κ2) is 9.09. The smallest absolute Gasteiger partial charge is 0.261 e. The molecule has 1 aliphatic heterocycles. The van der Waals surface area contributed by atoms with Crippen molar-refractivity contribution in [1.82, 2.24) is 0 Å². The largest absolute Gasteiger partial charge is 0.405 e. The van der Waals surface area contributed by atoms with Gasteiger partial charge in [0.25, 0.3) is 8.32 Å². The van der Waals surface area contributed by atoms with Crippen LogP contribution in [0, 0.1) is 17.2 Å². The Balaban J connectivity index is 1.87. The summed E-state index contributed by atoms with van der Waals surface area (Å²) in [5, 5.41) is 11.6. The Morgan fingerprint density at radius 3 is 2.03 bits per heavy atom. The molecule has 0 spiro atoms. The first-order chi connectivity index (χ1) is 13.9. The first-order valence-electron chi connectivity index (χ1n) is 10.3. The first-order valence-corrected chi connectivity index (χ1v) is 12.2. The van der Waals surface area contributed by atoms with Crippen molar-refractivity contribution in [2.24, 2.45) is 5.92 Å². The molecule has 2 unspecified atom stereocenters. The molecule has 152 valence electrons. The fraction of sp³-hybridized carbons (Fsp3) is 0.400. The second-order valence-electron chi connectivity index (χ2n) is 8.84. The zero-order chi connectivity index (χ0) is 20.9. The first kappa shape index (κ1) is 21.5. The molecule has 0 amide bonds. The molecule has 0 aromatic heterocycles. The Hall–Kier alpha value is -2.19. The third kappa shape index (κ3) is 4.53. The van der Waals surface area contributed by atoms with Crippen molar-refractivity contribution in [3.05, 3.63) is 72.8 Å². The Bertz CT molecular complexity index is 804. The fourth-order valence-electron chi connectivity index (χ4n) is 4.28. The summed E-state index contributed by atoms with van der Waals surface area (Å²) in [4.78, 5) is 0. The van der Waals surface area contributed by atoms with Crippen molar-refractivity contribution in [1.29, 1.82) is 5.26 Å². The summed E-state index contributed by atoms with van der Waals surface area (Å²) >= 11 is 0. The molecule has 1 heterocycles. The zero-order valence-electron chi connectivity index (χ0n) is 17.7. The number of ether oxygens (including phenoxy) is 1. The van der Waals surface area contributed by atoms with Crippen LogP contribution in [0.1, 0.15) is 33.6 Å². The molecular weight excluding hydrogens is 374 g/mol. The zero-order valence-corrected chi connectivity index (χ0v) is 18.7. The molecular formula is C25H31NO2Si. The molecule has 2 aromatic rings. The second-order valence-corrected chi connectivity index (χ2v) is 13.1. The maximum Gasteiger partial charge on any atom is 0.261 e. The Kier molecular flexibility index (Phi) is 6.74. The van der Waals surface area contributed by atoms with E-state index in [9.17, 15) is 0 Å². The van der Waals surface area contributed by atoms with Gasteiger partial charge in [-0.1, -0.05) is 88.0 Å². The van der Waals surface area contributed by atoms with Crippen LogP contribution in [0.15, 0.2) is 72.8 Å². The minimum atomic E-state index is -2.53. The lowest BCUT2D eigenvalue weighted by Crippen LogP contribution is -2.67. The number of benzene rings is 2. The van der Waals surface area contributed by atoms with Gasteiger partial charge in [0.2, 0.25) is 0 Å². The maximum absolute atomic E-state index is 9.08. The van der Waals surface area contributed by atoms with Crippen LogP contribution in [0.5, 0.6) is 0 Å². The summed E-state index contributed by atoms with van der Waals surface area (Å²) in [5.41, 5.74) is 0.622. The van der Waals surface area contributed by atoms with E-state index in [0.29, 0.717) is 18.8 Å². The Morgan fingerprint density at radius 1 is 1.07 bits per heavy atom. The molecule has 0 saturated carbocycles. The van der Waals surface area contributed by atoms with Gasteiger partial charge in [-0.15, -0.1) is 0 Å². The van der Waals surface area contributed by atoms with E-state index in [1.807, 2.05) is 0 Å². The maximum atomic E-state index is 9.08. The average Bonchev–Trinajstić information content (AvgIpc) is 2.74. The van der Waals surface area contributed by atoms with Gasteiger partial charge < -0.3 is 9.16 Å². The predicted molar refractivity (Wildman–Crippen MR) is 121 cm³/mol. The summed E-state index contributed by atoms with van der Waals surface area (Å²) in [6.07, 6.45) is 1.88. The molecule has 0 N–H and O–H groups in total. The highest BCUT2D eigenvalue weighted by atomic mass is 28.4. The summed E-state index contributed by atoms with van der Waals surface area (Å²) in [7, 11) is -2.53. The van der Waals surface area contributed by atoms with E-state index in [1.54, 1.807) is 0 Å². The molecule has 3 rings (SSSR count). The molecule has 2 atom stereocenters. The highest BCUT2D eigenvalue weighted by Crippen LogP contribution is 2.37. The van der Waals surface area contributed by atoms with Crippen LogP contribution in [-0.4, -0.2) is 27.6 Å². The summed E-state index contributed by atoms with van der Waals surface area (Å²) in [6, 6.07) is 23.5. The van der Waals surface area contributed by atoms with E-state index in [4.69, 9.17) is 14.4 Å². The van der Waals surface area contributed by atoms with Crippen LogP contribution in [0.2, 0.25) is 5.04 Å². The predicted octanol–water partition coefficient (Wildman–Crippen LogP) is 4.44. The van der Waals surface area contributed by atoms with Crippen LogP contribution in [0.4, 0.5) is 0 Å². The summed E-state index contributed by atoms with van der Waals surface area (Å²) in [5.74, 6) is 0.143. The fourth-order valence-corrected chi connectivity index (χ4v) is 8.87. The highest BCUT2D eigenvalue weighted by molar-refractivity contribution is 6.99. The molecule has 1 fully saturated rings. The minimum Gasteiger partial charge on any atom is -0.405 e. The van der Waals surface area contributed by atoms with E-state index in [2.05, 4.69) is 94.1 Å². The van der Waals surface area contributed by atoms with Gasteiger partial charge in [0.05, 0.1) is 25.4 Å². The molecule has 2 aromatic carbocycles. The van der Waals surface area contributed by atoms with Gasteiger partial charge in [-0.2, -0.15) is 5.26 Å². The van der Waals surface area contributed by atoms with E-state index in [-0.39, 0.29) is 17.1 Å². The molecule has 1 aliphatic rings. The third-order valence-corrected chi connectivity index (χ3v) is 10.9. The number of nitrogens with zero attached hydrogens (tertiary/aromatic N) is 1. The van der Waals surface area contributed by atoms with Crippen LogP contribution in [0.3, 0.4) is 0 Å². The summed E-state index contributed by atoms with van der Waals surface area (Å²) < 4.78 is 13.0. The van der Waals surface area contributed by atoms with Gasteiger partial charge in [-0.05, 0) is 28.3 Å². The van der Waals surface area contributed by atoms with Gasteiger partial charge in [0.15, 0.2) is 0 Å². The average molecular weight is 406 g/mol. The Morgan fingerprint density at radius 2 is 1.62 bits per heavy atom. The normalized spacial score (nSPS) is 20.1. The molecule has 0 radical (unpaired) electrons. The lowest BCUT2D eigenvalue weighted by molar-refractivity contribution is -0.0307.